The molecule has 1 fully saturated rings. The lowest BCUT2D eigenvalue weighted by molar-refractivity contribution is -0.119. The minimum Gasteiger partial charge on any atom is -0.396 e. The molecule has 0 amide bonds. The summed E-state index contributed by atoms with van der Waals surface area (Å²) in [7, 11) is 0. The van der Waals surface area contributed by atoms with Crippen molar-refractivity contribution in [3.8, 4) is 0 Å². The van der Waals surface area contributed by atoms with E-state index in [0.29, 0.717) is 44.3 Å². The average molecular weight is 355 g/mol. The van der Waals surface area contributed by atoms with Crippen LogP contribution in [0.25, 0.3) is 0 Å². The quantitative estimate of drug-likeness (QED) is 0.530. The average Bonchev–Trinajstić information content (AvgIpc) is 2.42. The standard InChI is InChI=1S/C14H19BrN4O2/c1-2-4-13(20)5-3-6-21-18-12-9-19(10-12)14-16-7-11(15)8-17-14/h7-8H,2-6,9-10H2,1H3. The van der Waals surface area contributed by atoms with E-state index in [9.17, 15) is 4.79 Å². The highest BCUT2D eigenvalue weighted by Gasteiger charge is 2.24. The summed E-state index contributed by atoms with van der Waals surface area (Å²) in [5.74, 6) is 0.998. The van der Waals surface area contributed by atoms with E-state index in [1.54, 1.807) is 12.4 Å². The molecule has 1 aliphatic heterocycles. The summed E-state index contributed by atoms with van der Waals surface area (Å²) in [5, 5.41) is 4.06. The van der Waals surface area contributed by atoms with Crippen LogP contribution in [0.4, 0.5) is 5.95 Å². The lowest BCUT2D eigenvalue weighted by atomic mass is 10.1. The Morgan fingerprint density at radius 3 is 2.76 bits per heavy atom. The van der Waals surface area contributed by atoms with Gasteiger partial charge in [0.1, 0.15) is 12.4 Å². The van der Waals surface area contributed by atoms with Crippen LogP contribution in [0, 0.1) is 0 Å². The maximum absolute atomic E-state index is 11.3. The number of oxime groups is 1. The van der Waals surface area contributed by atoms with Crippen molar-refractivity contribution in [2.24, 2.45) is 5.16 Å². The summed E-state index contributed by atoms with van der Waals surface area (Å²) in [6.45, 7) is 3.89. The molecule has 1 saturated heterocycles. The molecule has 0 saturated carbocycles. The first kappa shape index (κ1) is 15.9. The minimum absolute atomic E-state index is 0.302. The third kappa shape index (κ3) is 5.08. The van der Waals surface area contributed by atoms with Crippen LogP contribution in [0.15, 0.2) is 22.0 Å². The Hall–Kier alpha value is -1.50. The van der Waals surface area contributed by atoms with Gasteiger partial charge in [0.15, 0.2) is 0 Å². The monoisotopic (exact) mass is 354 g/mol. The van der Waals surface area contributed by atoms with Gasteiger partial charge in [-0.1, -0.05) is 12.1 Å². The molecule has 1 aliphatic rings. The van der Waals surface area contributed by atoms with E-state index in [4.69, 9.17) is 4.84 Å². The number of halogens is 1. The highest BCUT2D eigenvalue weighted by molar-refractivity contribution is 9.10. The SMILES string of the molecule is CCCC(=O)CCCON=C1CN(c2ncc(Br)cn2)C1. The minimum atomic E-state index is 0.302. The van der Waals surface area contributed by atoms with E-state index in [0.717, 1.165) is 23.0 Å². The van der Waals surface area contributed by atoms with Crippen LogP contribution in [-0.2, 0) is 9.63 Å². The number of Topliss-reactive ketones (excluding diaryl/α,β-unsaturated/α-hetero) is 1. The van der Waals surface area contributed by atoms with Crippen molar-refractivity contribution in [3.63, 3.8) is 0 Å². The van der Waals surface area contributed by atoms with Crippen LogP contribution in [0.3, 0.4) is 0 Å². The molecule has 2 heterocycles. The van der Waals surface area contributed by atoms with E-state index in [2.05, 4.69) is 31.1 Å². The van der Waals surface area contributed by atoms with E-state index in [1.807, 2.05) is 11.8 Å². The lowest BCUT2D eigenvalue weighted by Crippen LogP contribution is -2.48. The molecular weight excluding hydrogens is 336 g/mol. The Balaban J connectivity index is 1.61. The number of carbonyl (C=O) groups is 1. The molecule has 0 aliphatic carbocycles. The number of carbonyl (C=O) groups excluding carboxylic acids is 1. The van der Waals surface area contributed by atoms with Gasteiger partial charge in [0.05, 0.1) is 23.3 Å². The molecule has 2 rings (SSSR count). The molecule has 0 N–H and O–H groups in total. The van der Waals surface area contributed by atoms with Crippen molar-refractivity contribution in [2.75, 3.05) is 24.6 Å². The first-order chi connectivity index (χ1) is 10.2. The summed E-state index contributed by atoms with van der Waals surface area (Å²) in [6, 6.07) is 0. The van der Waals surface area contributed by atoms with Gasteiger partial charge >= 0.3 is 0 Å². The molecule has 0 spiro atoms. The number of hydrogen-bond donors (Lipinski definition) is 0. The maximum Gasteiger partial charge on any atom is 0.226 e. The van der Waals surface area contributed by atoms with Crippen LogP contribution < -0.4 is 4.90 Å². The molecule has 21 heavy (non-hydrogen) atoms. The fraction of sp³-hybridized carbons (Fsp3) is 0.571. The zero-order chi connectivity index (χ0) is 15.1. The van der Waals surface area contributed by atoms with Gasteiger partial charge in [-0.15, -0.1) is 0 Å². The Morgan fingerprint density at radius 2 is 2.10 bits per heavy atom. The topological polar surface area (TPSA) is 67.7 Å². The van der Waals surface area contributed by atoms with Crippen molar-refractivity contribution in [2.45, 2.75) is 32.6 Å². The summed E-state index contributed by atoms with van der Waals surface area (Å²) < 4.78 is 0.863. The van der Waals surface area contributed by atoms with Crippen molar-refractivity contribution in [3.05, 3.63) is 16.9 Å². The number of anilines is 1. The Kier molecular flexibility index (Phi) is 6.10. The van der Waals surface area contributed by atoms with E-state index in [1.165, 1.54) is 0 Å². The van der Waals surface area contributed by atoms with Gasteiger partial charge in [0.25, 0.3) is 0 Å². The third-order valence-corrected chi connectivity index (χ3v) is 3.46. The Bertz CT molecular complexity index is 496. The maximum atomic E-state index is 11.3. The second-order valence-corrected chi connectivity index (χ2v) is 5.86. The highest BCUT2D eigenvalue weighted by atomic mass is 79.9. The van der Waals surface area contributed by atoms with Gasteiger partial charge in [-0.25, -0.2) is 9.97 Å². The van der Waals surface area contributed by atoms with Gasteiger partial charge in [-0.3, -0.25) is 4.79 Å². The molecule has 0 bridgehead atoms. The number of rotatable bonds is 8. The second kappa shape index (κ2) is 8.07. The highest BCUT2D eigenvalue weighted by Crippen LogP contribution is 2.15. The summed E-state index contributed by atoms with van der Waals surface area (Å²) >= 11 is 3.30. The molecule has 0 aromatic carbocycles. The molecule has 7 heteroatoms. The van der Waals surface area contributed by atoms with E-state index in [-0.39, 0.29) is 0 Å². The predicted molar refractivity (Wildman–Crippen MR) is 84.5 cm³/mol. The van der Waals surface area contributed by atoms with Crippen molar-refractivity contribution in [1.29, 1.82) is 0 Å². The van der Waals surface area contributed by atoms with Crippen LogP contribution in [0.5, 0.6) is 0 Å². The van der Waals surface area contributed by atoms with Crippen LogP contribution >= 0.6 is 15.9 Å². The predicted octanol–water partition coefficient (Wildman–Crippen LogP) is 2.58. The Morgan fingerprint density at radius 1 is 1.38 bits per heavy atom. The summed E-state index contributed by atoms with van der Waals surface area (Å²) in [4.78, 5) is 27.0. The van der Waals surface area contributed by atoms with Gasteiger partial charge in [0, 0.05) is 25.2 Å². The number of aromatic nitrogens is 2. The summed E-state index contributed by atoms with van der Waals surface area (Å²) in [5.41, 5.74) is 0.974. The molecular formula is C14H19BrN4O2. The number of nitrogens with zero attached hydrogens (tertiary/aromatic N) is 4. The number of hydrogen-bond acceptors (Lipinski definition) is 6. The molecule has 6 nitrogen and oxygen atoms in total. The van der Waals surface area contributed by atoms with Crippen molar-refractivity contribution < 1.29 is 9.63 Å². The molecule has 0 unspecified atom stereocenters. The first-order valence-corrected chi connectivity index (χ1v) is 7.90. The third-order valence-electron chi connectivity index (χ3n) is 3.05. The lowest BCUT2D eigenvalue weighted by Gasteiger charge is -2.31. The van der Waals surface area contributed by atoms with Crippen molar-refractivity contribution >= 4 is 33.4 Å². The first-order valence-electron chi connectivity index (χ1n) is 7.11. The molecule has 0 radical (unpaired) electrons. The van der Waals surface area contributed by atoms with Gasteiger partial charge in [-0.2, -0.15) is 0 Å². The molecule has 114 valence electrons. The Labute approximate surface area is 132 Å². The van der Waals surface area contributed by atoms with Crippen LogP contribution in [-0.4, -0.2) is 41.2 Å². The molecule has 1 aromatic heterocycles. The number of ketones is 1. The smallest absolute Gasteiger partial charge is 0.226 e. The van der Waals surface area contributed by atoms with Gasteiger partial charge < -0.3 is 9.74 Å². The summed E-state index contributed by atoms with van der Waals surface area (Å²) in [6.07, 6.45) is 6.34. The normalized spacial score (nSPS) is 13.8. The molecule has 1 aromatic rings. The van der Waals surface area contributed by atoms with Gasteiger partial charge in [0.2, 0.25) is 5.95 Å². The zero-order valence-corrected chi connectivity index (χ0v) is 13.7. The largest absolute Gasteiger partial charge is 0.396 e. The van der Waals surface area contributed by atoms with E-state index >= 15 is 0 Å². The zero-order valence-electron chi connectivity index (χ0n) is 12.1. The fourth-order valence-corrected chi connectivity index (χ4v) is 2.14. The van der Waals surface area contributed by atoms with Crippen LogP contribution in [0.2, 0.25) is 0 Å². The fourth-order valence-electron chi connectivity index (χ4n) is 1.94. The molecule has 0 atom stereocenters. The van der Waals surface area contributed by atoms with E-state index < -0.39 is 0 Å². The van der Waals surface area contributed by atoms with Gasteiger partial charge in [-0.05, 0) is 28.8 Å². The van der Waals surface area contributed by atoms with Crippen LogP contribution in [0.1, 0.15) is 32.6 Å². The van der Waals surface area contributed by atoms with Crippen molar-refractivity contribution in [1.82, 2.24) is 9.97 Å². The second-order valence-electron chi connectivity index (χ2n) is 4.94.